The van der Waals surface area contributed by atoms with Crippen LogP contribution in [0.5, 0.6) is 0 Å². The average Bonchev–Trinajstić information content (AvgIpc) is 2.65. The first-order valence-electron chi connectivity index (χ1n) is 6.09. The summed E-state index contributed by atoms with van der Waals surface area (Å²) in [7, 11) is 0. The predicted molar refractivity (Wildman–Crippen MR) is 63.7 cm³/mol. The first kappa shape index (κ1) is 15.7. The second-order valence-electron chi connectivity index (χ2n) is 4.77. The van der Waals surface area contributed by atoms with E-state index in [1.54, 1.807) is 0 Å². The number of unbranched alkanes of at least 4 members (excludes halogenated alkanes) is 1. The molecule has 19 heavy (non-hydrogen) atoms. The number of aliphatic imine (C=N–C) groups is 1. The largest absolute Gasteiger partial charge is 0.480 e. The molecule has 110 valence electrons. The Hall–Kier alpha value is -1.31. The summed E-state index contributed by atoms with van der Waals surface area (Å²) in [4.78, 5) is 14.3. The number of rotatable bonds is 6. The maximum absolute atomic E-state index is 12.7. The lowest BCUT2D eigenvalue weighted by Gasteiger charge is -2.20. The van der Waals surface area contributed by atoms with E-state index in [4.69, 9.17) is 16.6 Å². The summed E-state index contributed by atoms with van der Waals surface area (Å²) in [6, 6.07) is -1.81. The van der Waals surface area contributed by atoms with Gasteiger partial charge in [-0.1, -0.05) is 12.8 Å². The van der Waals surface area contributed by atoms with Crippen LogP contribution < -0.4 is 11.5 Å². The minimum Gasteiger partial charge on any atom is -0.480 e. The highest BCUT2D eigenvalue weighted by atomic mass is 19.4. The molecular weight excluding hydrogens is 263 g/mol. The molecule has 1 aliphatic heterocycles. The highest BCUT2D eigenvalue weighted by Crippen LogP contribution is 2.38. The van der Waals surface area contributed by atoms with Crippen LogP contribution in [0.25, 0.3) is 0 Å². The maximum atomic E-state index is 12.7. The fraction of sp³-hybridized carbons (Fsp3) is 0.818. The van der Waals surface area contributed by atoms with Crippen LogP contribution in [0.4, 0.5) is 13.2 Å². The summed E-state index contributed by atoms with van der Waals surface area (Å²) in [6.45, 7) is 0. The molecule has 0 aromatic rings. The van der Waals surface area contributed by atoms with E-state index in [9.17, 15) is 18.0 Å². The predicted octanol–water partition coefficient (Wildman–Crippen LogP) is 1.27. The molecule has 3 atom stereocenters. The van der Waals surface area contributed by atoms with Gasteiger partial charge in [-0.05, 0) is 12.8 Å². The summed E-state index contributed by atoms with van der Waals surface area (Å²) in [6.07, 6.45) is -3.14. The Labute approximate surface area is 108 Å². The molecule has 0 unspecified atom stereocenters. The Bertz CT molecular complexity index is 358. The van der Waals surface area contributed by atoms with Crippen LogP contribution in [0.3, 0.4) is 0 Å². The topological polar surface area (TPSA) is 102 Å². The second-order valence-corrected chi connectivity index (χ2v) is 4.77. The molecule has 0 aromatic carbocycles. The number of aliphatic carboxylic acids is 1. The van der Waals surface area contributed by atoms with Crippen LogP contribution in [0.15, 0.2) is 4.99 Å². The molecule has 0 amide bonds. The van der Waals surface area contributed by atoms with Gasteiger partial charge in [-0.2, -0.15) is 13.2 Å². The molecule has 1 heterocycles. The molecule has 0 saturated heterocycles. The summed E-state index contributed by atoms with van der Waals surface area (Å²) in [5.74, 6) is -2.58. The minimum atomic E-state index is -4.30. The number of nitrogens with zero attached hydrogens (tertiary/aromatic N) is 1. The van der Waals surface area contributed by atoms with Crippen molar-refractivity contribution in [3.63, 3.8) is 0 Å². The van der Waals surface area contributed by atoms with Gasteiger partial charge < -0.3 is 16.6 Å². The third-order valence-corrected chi connectivity index (χ3v) is 3.23. The lowest BCUT2D eigenvalue weighted by Crippen LogP contribution is -2.31. The molecule has 0 saturated carbocycles. The number of carboxylic acids is 1. The Morgan fingerprint density at radius 2 is 2.11 bits per heavy atom. The van der Waals surface area contributed by atoms with Crippen LogP contribution in [-0.4, -0.2) is 35.2 Å². The second kappa shape index (κ2) is 6.23. The van der Waals surface area contributed by atoms with E-state index in [1.165, 1.54) is 0 Å². The molecule has 5 nitrogen and oxygen atoms in total. The van der Waals surface area contributed by atoms with E-state index in [2.05, 4.69) is 4.99 Å². The van der Waals surface area contributed by atoms with Crippen molar-refractivity contribution in [1.29, 1.82) is 0 Å². The molecule has 0 aromatic heterocycles. The number of nitrogens with two attached hydrogens (primary N) is 2. The van der Waals surface area contributed by atoms with Crippen molar-refractivity contribution < 1.29 is 23.1 Å². The molecule has 0 radical (unpaired) electrons. The van der Waals surface area contributed by atoms with Crippen molar-refractivity contribution in [1.82, 2.24) is 0 Å². The van der Waals surface area contributed by atoms with Crippen LogP contribution in [-0.2, 0) is 4.79 Å². The number of halogens is 3. The van der Waals surface area contributed by atoms with Crippen LogP contribution >= 0.6 is 0 Å². The van der Waals surface area contributed by atoms with Gasteiger partial charge in [0.1, 0.15) is 6.04 Å². The molecule has 1 rings (SSSR count). The van der Waals surface area contributed by atoms with Crippen molar-refractivity contribution >= 4 is 11.8 Å². The third kappa shape index (κ3) is 4.70. The Morgan fingerprint density at radius 1 is 1.47 bits per heavy atom. The molecule has 0 aliphatic carbocycles. The highest BCUT2D eigenvalue weighted by molar-refractivity contribution is 5.82. The molecule has 0 spiro atoms. The zero-order valence-electron chi connectivity index (χ0n) is 10.4. The van der Waals surface area contributed by atoms with Crippen molar-refractivity contribution in [3.05, 3.63) is 0 Å². The van der Waals surface area contributed by atoms with E-state index < -0.39 is 30.1 Å². The summed E-state index contributed by atoms with van der Waals surface area (Å²) in [5.41, 5.74) is 10.7. The van der Waals surface area contributed by atoms with Gasteiger partial charge in [0.2, 0.25) is 0 Å². The zero-order valence-corrected chi connectivity index (χ0v) is 10.4. The van der Waals surface area contributed by atoms with E-state index in [1.807, 2.05) is 0 Å². The number of hydrogen-bond acceptors (Lipinski definition) is 4. The molecule has 0 fully saturated rings. The Kier molecular flexibility index (Phi) is 5.16. The summed E-state index contributed by atoms with van der Waals surface area (Å²) in [5, 5.41) is 8.56. The summed E-state index contributed by atoms with van der Waals surface area (Å²) >= 11 is 0. The monoisotopic (exact) mass is 281 g/mol. The average molecular weight is 281 g/mol. The SMILES string of the molecule is NC1=N[C@H](CCCC[C@H](N)C(=O)O)[C@H](C(F)(F)F)C1. The number of alkyl halides is 3. The van der Waals surface area contributed by atoms with Gasteiger partial charge in [-0.15, -0.1) is 0 Å². The van der Waals surface area contributed by atoms with Crippen molar-refractivity contribution in [3.8, 4) is 0 Å². The van der Waals surface area contributed by atoms with E-state index >= 15 is 0 Å². The quantitative estimate of drug-likeness (QED) is 0.638. The normalized spacial score (nSPS) is 25.2. The standard InChI is InChI=1S/C11H18F3N3O2/c12-11(13,14)6-5-9(16)17-8(6)4-2-1-3-7(15)10(18)19/h6-8H,1-5,15H2,(H2,16,17)(H,18,19)/t6-,7+,8-/m1/s1. The molecule has 0 bridgehead atoms. The first-order valence-corrected chi connectivity index (χ1v) is 6.09. The molecule has 1 aliphatic rings. The van der Waals surface area contributed by atoms with Crippen LogP contribution in [0.2, 0.25) is 0 Å². The van der Waals surface area contributed by atoms with Gasteiger partial charge in [0.25, 0.3) is 0 Å². The lowest BCUT2D eigenvalue weighted by atomic mass is 9.94. The fourth-order valence-electron chi connectivity index (χ4n) is 2.16. The van der Waals surface area contributed by atoms with Gasteiger partial charge in [-0.25, -0.2) is 0 Å². The zero-order chi connectivity index (χ0) is 14.6. The molecular formula is C11H18F3N3O2. The fourth-order valence-corrected chi connectivity index (χ4v) is 2.16. The smallest absolute Gasteiger partial charge is 0.394 e. The van der Waals surface area contributed by atoms with E-state index in [-0.39, 0.29) is 25.1 Å². The third-order valence-electron chi connectivity index (χ3n) is 3.23. The number of hydrogen-bond donors (Lipinski definition) is 3. The number of amidine groups is 1. The minimum absolute atomic E-state index is 0.0366. The highest BCUT2D eigenvalue weighted by Gasteiger charge is 2.47. The van der Waals surface area contributed by atoms with E-state index in [0.717, 1.165) is 0 Å². The van der Waals surface area contributed by atoms with Crippen molar-refractivity contribution in [2.75, 3.05) is 0 Å². The molecule has 5 N–H and O–H groups in total. The number of carbonyl (C=O) groups is 1. The first-order chi connectivity index (χ1) is 8.71. The Morgan fingerprint density at radius 3 is 2.63 bits per heavy atom. The van der Waals surface area contributed by atoms with E-state index in [0.29, 0.717) is 12.8 Å². The van der Waals surface area contributed by atoms with Gasteiger partial charge in [0.05, 0.1) is 17.8 Å². The van der Waals surface area contributed by atoms with Gasteiger partial charge in [-0.3, -0.25) is 9.79 Å². The summed E-state index contributed by atoms with van der Waals surface area (Å²) < 4.78 is 38.1. The van der Waals surface area contributed by atoms with Gasteiger partial charge in [0, 0.05) is 6.42 Å². The van der Waals surface area contributed by atoms with Crippen LogP contribution in [0.1, 0.15) is 32.1 Å². The molecule has 8 heteroatoms. The number of carboxylic acid groups (broad SMARTS) is 1. The van der Waals surface area contributed by atoms with Gasteiger partial charge in [0.15, 0.2) is 0 Å². The van der Waals surface area contributed by atoms with Gasteiger partial charge >= 0.3 is 12.1 Å². The Balaban J connectivity index is 2.37. The van der Waals surface area contributed by atoms with Crippen molar-refractivity contribution in [2.45, 2.75) is 50.4 Å². The lowest BCUT2D eigenvalue weighted by molar-refractivity contribution is -0.176. The maximum Gasteiger partial charge on any atom is 0.394 e. The van der Waals surface area contributed by atoms with Crippen LogP contribution in [0, 0.1) is 5.92 Å². The van der Waals surface area contributed by atoms with Crippen molar-refractivity contribution in [2.24, 2.45) is 22.4 Å².